The second-order valence-electron chi connectivity index (χ2n) is 3.50. The number of hydrogen-bond acceptors (Lipinski definition) is 2. The van der Waals surface area contributed by atoms with Gasteiger partial charge >= 0.3 is 5.97 Å². The predicted octanol–water partition coefficient (Wildman–Crippen LogP) is 1.24. The van der Waals surface area contributed by atoms with Crippen molar-refractivity contribution in [1.29, 1.82) is 0 Å². The van der Waals surface area contributed by atoms with Gasteiger partial charge in [-0.3, -0.25) is 4.79 Å². The summed E-state index contributed by atoms with van der Waals surface area (Å²) in [5.41, 5.74) is 0. The highest BCUT2D eigenvalue weighted by molar-refractivity contribution is 5.66. The van der Waals surface area contributed by atoms with Gasteiger partial charge in [0.15, 0.2) is 0 Å². The first-order valence-corrected chi connectivity index (χ1v) is 4.71. The van der Waals surface area contributed by atoms with E-state index in [9.17, 15) is 4.79 Å². The topological polar surface area (TPSA) is 49.3 Å². The Kier molecular flexibility index (Phi) is 4.08. The van der Waals surface area contributed by atoms with Gasteiger partial charge in [-0.1, -0.05) is 6.42 Å². The van der Waals surface area contributed by atoms with Gasteiger partial charge in [0, 0.05) is 6.42 Å². The summed E-state index contributed by atoms with van der Waals surface area (Å²) >= 11 is 0. The molecule has 0 saturated carbocycles. The minimum Gasteiger partial charge on any atom is -0.481 e. The van der Waals surface area contributed by atoms with Crippen LogP contribution >= 0.6 is 0 Å². The summed E-state index contributed by atoms with van der Waals surface area (Å²) in [5, 5.41) is 11.9. The van der Waals surface area contributed by atoms with Crippen molar-refractivity contribution in [2.24, 2.45) is 5.92 Å². The molecule has 70 valence electrons. The smallest absolute Gasteiger partial charge is 0.303 e. The summed E-state index contributed by atoms with van der Waals surface area (Å²) in [6, 6.07) is 0. The third kappa shape index (κ3) is 3.72. The summed E-state index contributed by atoms with van der Waals surface area (Å²) in [7, 11) is 0. The van der Waals surface area contributed by atoms with Crippen molar-refractivity contribution in [3.8, 4) is 0 Å². The van der Waals surface area contributed by atoms with E-state index in [1.54, 1.807) is 0 Å². The zero-order valence-electron chi connectivity index (χ0n) is 7.38. The van der Waals surface area contributed by atoms with Crippen LogP contribution in [-0.2, 0) is 4.79 Å². The molecule has 0 radical (unpaired) electrons. The zero-order chi connectivity index (χ0) is 8.81. The maximum atomic E-state index is 10.4. The molecule has 1 aliphatic rings. The summed E-state index contributed by atoms with van der Waals surface area (Å²) in [6.07, 6.45) is 4.82. The van der Waals surface area contributed by atoms with Crippen LogP contribution in [0.25, 0.3) is 0 Å². The summed E-state index contributed by atoms with van der Waals surface area (Å²) < 4.78 is 0. The third-order valence-corrected chi connectivity index (χ3v) is 2.41. The molecule has 1 unspecified atom stereocenters. The van der Waals surface area contributed by atoms with E-state index in [1.165, 1.54) is 12.8 Å². The lowest BCUT2D eigenvalue weighted by Gasteiger charge is -2.18. The van der Waals surface area contributed by atoms with E-state index < -0.39 is 5.97 Å². The van der Waals surface area contributed by atoms with Gasteiger partial charge in [0.05, 0.1) is 0 Å². The van der Waals surface area contributed by atoms with E-state index in [2.05, 4.69) is 5.32 Å². The number of carbonyl (C=O) groups is 1. The van der Waals surface area contributed by atoms with Gasteiger partial charge < -0.3 is 10.4 Å². The molecule has 0 aromatic carbocycles. The molecule has 2 N–H and O–H groups in total. The van der Waals surface area contributed by atoms with Gasteiger partial charge in [0.25, 0.3) is 0 Å². The molecule has 12 heavy (non-hydrogen) atoms. The van der Waals surface area contributed by atoms with Crippen molar-refractivity contribution < 1.29 is 9.90 Å². The Bertz CT molecular complexity index is 139. The molecular weight excluding hydrogens is 154 g/mol. The zero-order valence-corrected chi connectivity index (χ0v) is 7.38. The number of carboxylic acid groups (broad SMARTS) is 1. The molecule has 0 aliphatic carbocycles. The lowest BCUT2D eigenvalue weighted by Crippen LogP contribution is -2.23. The molecule has 1 saturated heterocycles. The average Bonchev–Trinajstić information content (AvgIpc) is 1.93. The van der Waals surface area contributed by atoms with E-state index in [0.29, 0.717) is 12.3 Å². The van der Waals surface area contributed by atoms with Gasteiger partial charge in [0.1, 0.15) is 0 Å². The van der Waals surface area contributed by atoms with Crippen LogP contribution in [0.4, 0.5) is 0 Å². The fraction of sp³-hybridized carbons (Fsp3) is 0.889. The van der Waals surface area contributed by atoms with E-state index in [4.69, 9.17) is 5.11 Å². The molecule has 1 aliphatic heterocycles. The molecule has 3 nitrogen and oxygen atoms in total. The Labute approximate surface area is 73.2 Å². The van der Waals surface area contributed by atoms with Gasteiger partial charge in [-0.15, -0.1) is 0 Å². The number of nitrogens with one attached hydrogen (secondary N) is 1. The molecule has 0 bridgehead atoms. The molecule has 1 rings (SSSR count). The molecule has 1 heterocycles. The molecule has 3 heteroatoms. The van der Waals surface area contributed by atoms with Gasteiger partial charge in [-0.2, -0.15) is 0 Å². The predicted molar refractivity (Wildman–Crippen MR) is 47.1 cm³/mol. The van der Waals surface area contributed by atoms with Crippen LogP contribution in [0.5, 0.6) is 0 Å². The summed E-state index contributed by atoms with van der Waals surface area (Å²) in [5.74, 6) is -0.254. The highest BCUT2D eigenvalue weighted by atomic mass is 16.4. The minimum atomic E-state index is -0.652. The quantitative estimate of drug-likeness (QED) is 0.657. The first-order chi connectivity index (χ1) is 5.79. The second-order valence-corrected chi connectivity index (χ2v) is 3.50. The average molecular weight is 171 g/mol. The minimum absolute atomic E-state index is 0.349. The van der Waals surface area contributed by atoms with E-state index in [1.807, 2.05) is 0 Å². The Balaban J connectivity index is 2.24. The number of hydrogen-bond donors (Lipinski definition) is 2. The Morgan fingerprint density at radius 3 is 2.92 bits per heavy atom. The van der Waals surface area contributed by atoms with Gasteiger partial charge in [-0.25, -0.2) is 0 Å². The standard InChI is InChI=1S/C9H17NO2/c11-9(12)7-8-3-1-2-5-10-6-4-8/h8,10H,1-7H2,(H,11,12). The van der Waals surface area contributed by atoms with E-state index >= 15 is 0 Å². The van der Waals surface area contributed by atoms with Crippen molar-refractivity contribution in [1.82, 2.24) is 5.32 Å². The van der Waals surface area contributed by atoms with Crippen molar-refractivity contribution in [2.45, 2.75) is 32.1 Å². The van der Waals surface area contributed by atoms with E-state index in [-0.39, 0.29) is 0 Å². The van der Waals surface area contributed by atoms with Gasteiger partial charge in [-0.05, 0) is 38.3 Å². The monoisotopic (exact) mass is 171 g/mol. The number of rotatable bonds is 2. The molecular formula is C9H17NO2. The lowest BCUT2D eigenvalue weighted by atomic mass is 9.94. The lowest BCUT2D eigenvalue weighted by molar-refractivity contribution is -0.138. The van der Waals surface area contributed by atoms with Crippen LogP contribution in [0.2, 0.25) is 0 Å². The van der Waals surface area contributed by atoms with Crippen LogP contribution in [0.1, 0.15) is 32.1 Å². The first-order valence-electron chi connectivity index (χ1n) is 4.71. The van der Waals surface area contributed by atoms with Crippen LogP contribution in [0.15, 0.2) is 0 Å². The molecule has 0 aromatic heterocycles. The highest BCUT2D eigenvalue weighted by Gasteiger charge is 2.13. The Morgan fingerprint density at radius 2 is 2.17 bits per heavy atom. The summed E-state index contributed by atoms with van der Waals surface area (Å²) in [6.45, 7) is 2.08. The Hall–Kier alpha value is -0.570. The van der Waals surface area contributed by atoms with Crippen LogP contribution in [-0.4, -0.2) is 24.2 Å². The SMILES string of the molecule is O=C(O)CC1CCCCNCC1. The number of aliphatic carboxylic acids is 1. The largest absolute Gasteiger partial charge is 0.481 e. The highest BCUT2D eigenvalue weighted by Crippen LogP contribution is 2.17. The van der Waals surface area contributed by atoms with Gasteiger partial charge in [0.2, 0.25) is 0 Å². The summed E-state index contributed by atoms with van der Waals surface area (Å²) in [4.78, 5) is 10.4. The fourth-order valence-electron chi connectivity index (χ4n) is 1.71. The van der Waals surface area contributed by atoms with Crippen molar-refractivity contribution in [3.63, 3.8) is 0 Å². The first kappa shape index (κ1) is 9.52. The maximum Gasteiger partial charge on any atom is 0.303 e. The molecule has 1 fully saturated rings. The van der Waals surface area contributed by atoms with Crippen LogP contribution < -0.4 is 5.32 Å². The van der Waals surface area contributed by atoms with E-state index in [0.717, 1.165) is 25.9 Å². The van der Waals surface area contributed by atoms with Crippen molar-refractivity contribution in [2.75, 3.05) is 13.1 Å². The molecule has 0 aromatic rings. The van der Waals surface area contributed by atoms with Crippen LogP contribution in [0, 0.1) is 5.92 Å². The molecule has 1 atom stereocenters. The molecule has 0 spiro atoms. The second kappa shape index (κ2) is 5.14. The van der Waals surface area contributed by atoms with Crippen LogP contribution in [0.3, 0.4) is 0 Å². The normalized spacial score (nSPS) is 25.8. The molecule has 0 amide bonds. The van der Waals surface area contributed by atoms with Crippen molar-refractivity contribution >= 4 is 5.97 Å². The number of carboxylic acids is 1. The Morgan fingerprint density at radius 1 is 1.33 bits per heavy atom. The van der Waals surface area contributed by atoms with Crippen molar-refractivity contribution in [3.05, 3.63) is 0 Å². The fourth-order valence-corrected chi connectivity index (χ4v) is 1.71. The maximum absolute atomic E-state index is 10.4. The third-order valence-electron chi connectivity index (χ3n) is 2.41.